The summed E-state index contributed by atoms with van der Waals surface area (Å²) in [5.74, 6) is -0.878. The first kappa shape index (κ1) is 19.3. The number of nitro benzene ring substituents is 1. The average Bonchev–Trinajstić information content (AvgIpc) is 3.30. The van der Waals surface area contributed by atoms with E-state index in [1.54, 1.807) is 23.1 Å². The van der Waals surface area contributed by atoms with Gasteiger partial charge in [-0.3, -0.25) is 19.6 Å². The normalized spacial score (nSPS) is 10.5. The van der Waals surface area contributed by atoms with Crippen molar-refractivity contribution in [2.24, 2.45) is 0 Å². The van der Waals surface area contributed by atoms with Crippen molar-refractivity contribution in [1.82, 2.24) is 9.78 Å². The molecule has 1 N–H and O–H groups in total. The van der Waals surface area contributed by atoms with Crippen LogP contribution in [-0.2, 0) is 11.3 Å². The second kappa shape index (κ2) is 8.05. The molecule has 0 aliphatic rings. The number of halogens is 1. The molecule has 2 heterocycles. The maximum absolute atomic E-state index is 12.4. The summed E-state index contributed by atoms with van der Waals surface area (Å²) in [7, 11) is 1.15. The molecule has 0 atom stereocenters. The zero-order chi connectivity index (χ0) is 20.3. The first-order chi connectivity index (χ1) is 13.4. The Labute approximate surface area is 166 Å². The van der Waals surface area contributed by atoms with E-state index in [0.717, 1.165) is 23.7 Å². The van der Waals surface area contributed by atoms with E-state index >= 15 is 0 Å². The fourth-order valence-electron chi connectivity index (χ4n) is 2.39. The van der Waals surface area contributed by atoms with Crippen LogP contribution in [0.4, 0.5) is 11.4 Å². The predicted molar refractivity (Wildman–Crippen MR) is 100 cm³/mol. The molecular formula is C17H13BrN4O6. The van der Waals surface area contributed by atoms with E-state index in [1.807, 2.05) is 0 Å². The zero-order valence-corrected chi connectivity index (χ0v) is 16.0. The van der Waals surface area contributed by atoms with Crippen molar-refractivity contribution in [2.45, 2.75) is 6.54 Å². The lowest BCUT2D eigenvalue weighted by Crippen LogP contribution is -2.12. The standard InChI is InChI=1S/C17H13BrN4O6/c1-27-17(24)10-4-12(6-13(5-10)22(25)26)20-16(23)15-3-2-14(28-15)9-21-8-11(18)7-19-21/h2-8H,9H2,1H3,(H,20,23). The Morgan fingerprint density at radius 2 is 2.14 bits per heavy atom. The largest absolute Gasteiger partial charge is 0.465 e. The fourth-order valence-corrected chi connectivity index (χ4v) is 2.71. The summed E-state index contributed by atoms with van der Waals surface area (Å²) in [4.78, 5) is 34.5. The Morgan fingerprint density at radius 1 is 1.36 bits per heavy atom. The van der Waals surface area contributed by atoms with Gasteiger partial charge in [-0.2, -0.15) is 5.10 Å². The summed E-state index contributed by atoms with van der Waals surface area (Å²) < 4.78 is 12.5. The number of amides is 1. The quantitative estimate of drug-likeness (QED) is 0.347. The van der Waals surface area contributed by atoms with Crippen LogP contribution in [-0.4, -0.2) is 33.7 Å². The Bertz CT molecular complexity index is 1060. The number of carbonyl (C=O) groups is 2. The van der Waals surface area contributed by atoms with Gasteiger partial charge in [-0.05, 0) is 34.1 Å². The van der Waals surface area contributed by atoms with Gasteiger partial charge in [-0.25, -0.2) is 4.79 Å². The maximum Gasteiger partial charge on any atom is 0.338 e. The number of esters is 1. The number of nitrogens with zero attached hydrogens (tertiary/aromatic N) is 3. The molecule has 0 aliphatic heterocycles. The number of ether oxygens (including phenoxy) is 1. The van der Waals surface area contributed by atoms with Crippen LogP contribution < -0.4 is 5.32 Å². The topological polar surface area (TPSA) is 130 Å². The van der Waals surface area contributed by atoms with Crippen molar-refractivity contribution in [3.63, 3.8) is 0 Å². The van der Waals surface area contributed by atoms with Crippen molar-refractivity contribution in [1.29, 1.82) is 0 Å². The molecule has 144 valence electrons. The molecule has 28 heavy (non-hydrogen) atoms. The van der Waals surface area contributed by atoms with Crippen LogP contribution in [0.5, 0.6) is 0 Å². The zero-order valence-electron chi connectivity index (χ0n) is 14.4. The molecule has 0 unspecified atom stereocenters. The number of nitrogens with one attached hydrogen (secondary N) is 1. The van der Waals surface area contributed by atoms with Crippen LogP contribution in [0.2, 0.25) is 0 Å². The lowest BCUT2D eigenvalue weighted by molar-refractivity contribution is -0.384. The second-order valence-electron chi connectivity index (χ2n) is 5.59. The van der Waals surface area contributed by atoms with E-state index in [1.165, 1.54) is 12.1 Å². The minimum absolute atomic E-state index is 0.00680. The number of nitro groups is 1. The number of methoxy groups -OCH3 is 1. The van der Waals surface area contributed by atoms with E-state index in [0.29, 0.717) is 12.3 Å². The molecule has 1 aromatic carbocycles. The summed E-state index contributed by atoms with van der Waals surface area (Å²) in [5, 5.41) is 17.6. The van der Waals surface area contributed by atoms with Crippen LogP contribution in [0, 0.1) is 10.1 Å². The highest BCUT2D eigenvalue weighted by molar-refractivity contribution is 9.10. The van der Waals surface area contributed by atoms with Gasteiger partial charge in [0.05, 0.1) is 34.8 Å². The third-order valence-corrected chi connectivity index (χ3v) is 4.02. The number of non-ortho nitro benzene ring substituents is 1. The average molecular weight is 449 g/mol. The highest BCUT2D eigenvalue weighted by Crippen LogP contribution is 2.22. The van der Waals surface area contributed by atoms with Crippen LogP contribution >= 0.6 is 15.9 Å². The number of hydrogen-bond donors (Lipinski definition) is 1. The number of carbonyl (C=O) groups excluding carboxylic acids is 2. The molecule has 0 spiro atoms. The third-order valence-electron chi connectivity index (χ3n) is 3.61. The molecule has 10 nitrogen and oxygen atoms in total. The van der Waals surface area contributed by atoms with Gasteiger partial charge >= 0.3 is 5.97 Å². The third kappa shape index (κ3) is 4.43. The van der Waals surface area contributed by atoms with Crippen LogP contribution in [0.25, 0.3) is 0 Å². The SMILES string of the molecule is COC(=O)c1cc(NC(=O)c2ccc(Cn3cc(Br)cn3)o2)cc([N+](=O)[O-])c1. The number of hydrogen-bond acceptors (Lipinski definition) is 7. The molecule has 3 rings (SSSR count). The van der Waals surface area contributed by atoms with Crippen LogP contribution in [0.1, 0.15) is 26.7 Å². The molecule has 1 amide bonds. The second-order valence-corrected chi connectivity index (χ2v) is 6.51. The fraction of sp³-hybridized carbons (Fsp3) is 0.118. The molecule has 2 aromatic heterocycles. The van der Waals surface area contributed by atoms with E-state index in [2.05, 4.69) is 31.1 Å². The van der Waals surface area contributed by atoms with E-state index in [-0.39, 0.29) is 22.7 Å². The number of rotatable bonds is 6. The van der Waals surface area contributed by atoms with Crippen molar-refractivity contribution < 1.29 is 23.7 Å². The highest BCUT2D eigenvalue weighted by Gasteiger charge is 2.18. The number of furan rings is 1. The Kier molecular flexibility index (Phi) is 5.54. The smallest absolute Gasteiger partial charge is 0.338 e. The first-order valence-corrected chi connectivity index (χ1v) is 8.61. The van der Waals surface area contributed by atoms with E-state index in [4.69, 9.17) is 4.42 Å². The minimum atomic E-state index is -0.759. The number of anilines is 1. The molecule has 3 aromatic rings. The van der Waals surface area contributed by atoms with Gasteiger partial charge in [0, 0.05) is 24.0 Å². The van der Waals surface area contributed by atoms with Crippen LogP contribution in [0.15, 0.2) is 51.6 Å². The lowest BCUT2D eigenvalue weighted by atomic mass is 10.1. The molecule has 0 aliphatic carbocycles. The van der Waals surface area contributed by atoms with Gasteiger partial charge in [0.1, 0.15) is 5.76 Å². The van der Waals surface area contributed by atoms with Gasteiger partial charge in [0.2, 0.25) is 0 Å². The Balaban J connectivity index is 1.78. The molecule has 0 bridgehead atoms. The predicted octanol–water partition coefficient (Wildman–Crippen LogP) is 3.23. The number of aromatic nitrogens is 2. The summed E-state index contributed by atoms with van der Waals surface area (Å²) in [6.07, 6.45) is 3.37. The molecule has 0 radical (unpaired) electrons. The van der Waals surface area contributed by atoms with Gasteiger partial charge in [0.15, 0.2) is 5.76 Å². The van der Waals surface area contributed by atoms with Gasteiger partial charge < -0.3 is 14.5 Å². The summed E-state index contributed by atoms with van der Waals surface area (Å²) in [6, 6.07) is 6.58. The van der Waals surface area contributed by atoms with Crippen molar-refractivity contribution in [2.75, 3.05) is 12.4 Å². The molecule has 0 saturated heterocycles. The van der Waals surface area contributed by atoms with E-state index < -0.39 is 16.8 Å². The van der Waals surface area contributed by atoms with E-state index in [9.17, 15) is 19.7 Å². The molecular weight excluding hydrogens is 436 g/mol. The lowest BCUT2D eigenvalue weighted by Gasteiger charge is -2.06. The van der Waals surface area contributed by atoms with Gasteiger partial charge in [-0.1, -0.05) is 0 Å². The summed E-state index contributed by atoms with van der Waals surface area (Å²) in [5.41, 5.74) is -0.354. The minimum Gasteiger partial charge on any atom is -0.465 e. The van der Waals surface area contributed by atoms with Crippen LogP contribution in [0.3, 0.4) is 0 Å². The summed E-state index contributed by atoms with van der Waals surface area (Å²) in [6.45, 7) is 0.322. The number of benzene rings is 1. The van der Waals surface area contributed by atoms with Crippen molar-refractivity contribution in [3.8, 4) is 0 Å². The Morgan fingerprint density at radius 3 is 2.79 bits per heavy atom. The molecule has 11 heteroatoms. The maximum atomic E-state index is 12.4. The Hall–Kier alpha value is -3.47. The van der Waals surface area contributed by atoms with Crippen molar-refractivity contribution in [3.05, 3.63) is 74.4 Å². The summed E-state index contributed by atoms with van der Waals surface area (Å²) >= 11 is 3.29. The first-order valence-electron chi connectivity index (χ1n) is 7.81. The molecule has 0 fully saturated rings. The van der Waals surface area contributed by atoms with Gasteiger partial charge in [0.25, 0.3) is 11.6 Å². The van der Waals surface area contributed by atoms with Gasteiger partial charge in [-0.15, -0.1) is 0 Å². The van der Waals surface area contributed by atoms with Crippen molar-refractivity contribution >= 4 is 39.2 Å². The highest BCUT2D eigenvalue weighted by atomic mass is 79.9. The monoisotopic (exact) mass is 448 g/mol. The molecule has 0 saturated carbocycles.